The number of hydrogen-bond acceptors (Lipinski definition) is 6. The van der Waals surface area contributed by atoms with Crippen molar-refractivity contribution in [3.63, 3.8) is 0 Å². The molecule has 3 aromatic rings. The Balaban J connectivity index is 1.47. The highest BCUT2D eigenvalue weighted by molar-refractivity contribution is 5.98. The number of nitrogens with one attached hydrogen (secondary N) is 2. The van der Waals surface area contributed by atoms with E-state index < -0.39 is 29.4 Å². The van der Waals surface area contributed by atoms with E-state index in [1.54, 1.807) is 29.5 Å². The van der Waals surface area contributed by atoms with Crippen LogP contribution in [0.3, 0.4) is 0 Å². The molecule has 0 radical (unpaired) electrons. The molecule has 10 nitrogen and oxygen atoms in total. The molecule has 2 unspecified atom stereocenters. The summed E-state index contributed by atoms with van der Waals surface area (Å²) < 4.78 is 7.43. The first-order chi connectivity index (χ1) is 18.2. The van der Waals surface area contributed by atoms with Crippen LogP contribution in [0, 0.1) is 0 Å². The molecule has 0 bridgehead atoms. The van der Waals surface area contributed by atoms with Gasteiger partial charge in [0.1, 0.15) is 12.1 Å². The maximum absolute atomic E-state index is 13.2. The molecule has 0 spiro atoms. The third kappa shape index (κ3) is 6.84. The number of benzene rings is 2. The third-order valence-electron chi connectivity index (χ3n) is 6.27. The second-order valence-electron chi connectivity index (χ2n) is 9.94. The number of hydrogen-bond donors (Lipinski definition) is 3. The molecular formula is C28H34N6O4. The number of imidazole rings is 1. The quantitative estimate of drug-likeness (QED) is 0.356. The van der Waals surface area contributed by atoms with Crippen molar-refractivity contribution in [3.05, 3.63) is 84.3 Å². The van der Waals surface area contributed by atoms with Crippen LogP contribution < -0.4 is 16.4 Å². The molecule has 3 amide bonds. The number of nitrogens with two attached hydrogens (primary N) is 1. The zero-order chi connectivity index (χ0) is 27.1. The molecule has 2 atom stereocenters. The van der Waals surface area contributed by atoms with Gasteiger partial charge in [-0.2, -0.15) is 0 Å². The van der Waals surface area contributed by atoms with Gasteiger partial charge in [-0.15, -0.1) is 0 Å². The van der Waals surface area contributed by atoms with Crippen LogP contribution in [0.5, 0.6) is 0 Å². The predicted molar refractivity (Wildman–Crippen MR) is 143 cm³/mol. The van der Waals surface area contributed by atoms with Crippen LogP contribution in [0.25, 0.3) is 0 Å². The fourth-order valence-electron chi connectivity index (χ4n) is 3.94. The van der Waals surface area contributed by atoms with E-state index in [4.69, 9.17) is 10.5 Å². The van der Waals surface area contributed by atoms with Crippen LogP contribution in [0.15, 0.2) is 73.2 Å². The number of carbonyl (C=O) groups excluding carboxylic acids is 3. The first-order valence-corrected chi connectivity index (χ1v) is 12.6. The normalized spacial score (nSPS) is 14.8. The number of nitrogens with zero attached hydrogens (tertiary/aromatic N) is 3. The van der Waals surface area contributed by atoms with E-state index in [-0.39, 0.29) is 24.9 Å². The Morgan fingerprint density at radius 1 is 1.05 bits per heavy atom. The predicted octanol–water partition coefficient (Wildman–Crippen LogP) is 2.08. The molecule has 38 heavy (non-hydrogen) atoms. The van der Waals surface area contributed by atoms with Crippen LogP contribution in [-0.2, 0) is 25.7 Å². The van der Waals surface area contributed by atoms with Gasteiger partial charge < -0.3 is 30.6 Å². The number of aromatic nitrogens is 2. The molecule has 1 aliphatic rings. The Morgan fingerprint density at radius 2 is 1.71 bits per heavy atom. The lowest BCUT2D eigenvalue weighted by Gasteiger charge is -2.34. The first-order valence-electron chi connectivity index (χ1n) is 12.6. The van der Waals surface area contributed by atoms with Gasteiger partial charge in [0.15, 0.2) is 5.82 Å². The Morgan fingerprint density at radius 3 is 2.32 bits per heavy atom. The van der Waals surface area contributed by atoms with Crippen LogP contribution in [0.1, 0.15) is 37.4 Å². The number of anilines is 1. The SMILES string of the molecule is CC(C)(N)C(=O)NC(COCc1ccccc1)C(=O)Nc1cn(C(C(=O)N2CCC2)c2ccccc2)cn1. The zero-order valence-electron chi connectivity index (χ0n) is 21.7. The van der Waals surface area contributed by atoms with E-state index in [1.165, 1.54) is 6.33 Å². The molecule has 1 aromatic heterocycles. The molecule has 1 aliphatic heterocycles. The number of ether oxygens (including phenoxy) is 1. The minimum absolute atomic E-state index is 0.0256. The second kappa shape index (κ2) is 12.0. The maximum atomic E-state index is 13.2. The van der Waals surface area contributed by atoms with Gasteiger partial charge in [0.05, 0.1) is 25.1 Å². The lowest BCUT2D eigenvalue weighted by atomic mass is 10.0. The molecule has 4 rings (SSSR count). The van der Waals surface area contributed by atoms with E-state index in [0.29, 0.717) is 0 Å². The summed E-state index contributed by atoms with van der Waals surface area (Å²) in [5, 5.41) is 5.41. The molecule has 10 heteroatoms. The summed E-state index contributed by atoms with van der Waals surface area (Å²) >= 11 is 0. The van der Waals surface area contributed by atoms with Crippen molar-refractivity contribution in [2.75, 3.05) is 25.0 Å². The standard InChI is InChI=1S/C28H34N6O4/c1-28(2,29)27(37)31-22(18-38-17-20-10-5-3-6-11-20)25(35)32-23-16-34(19-30-23)24(21-12-7-4-8-13-21)26(36)33-14-9-15-33/h3-8,10-13,16,19,22,24H,9,14-15,17-18,29H2,1-2H3,(H,31,37)(H,32,35). The monoisotopic (exact) mass is 518 g/mol. The van der Waals surface area contributed by atoms with Crippen molar-refractivity contribution < 1.29 is 19.1 Å². The molecule has 4 N–H and O–H groups in total. The van der Waals surface area contributed by atoms with E-state index in [9.17, 15) is 14.4 Å². The fourth-order valence-corrected chi connectivity index (χ4v) is 3.94. The summed E-state index contributed by atoms with van der Waals surface area (Å²) in [5.74, 6) is -0.772. The molecule has 2 aromatic carbocycles. The van der Waals surface area contributed by atoms with E-state index in [1.807, 2.05) is 60.7 Å². The summed E-state index contributed by atoms with van der Waals surface area (Å²) in [4.78, 5) is 45.1. The summed E-state index contributed by atoms with van der Waals surface area (Å²) in [6.45, 7) is 4.78. The lowest BCUT2D eigenvalue weighted by molar-refractivity contribution is -0.137. The Bertz CT molecular complexity index is 1230. The Labute approximate surface area is 222 Å². The smallest absolute Gasteiger partial charge is 0.250 e. The second-order valence-corrected chi connectivity index (χ2v) is 9.94. The largest absolute Gasteiger partial charge is 0.374 e. The van der Waals surface area contributed by atoms with Crippen molar-refractivity contribution in [2.24, 2.45) is 5.73 Å². The van der Waals surface area contributed by atoms with E-state index in [0.717, 1.165) is 30.6 Å². The van der Waals surface area contributed by atoms with Gasteiger partial charge in [-0.05, 0) is 31.4 Å². The van der Waals surface area contributed by atoms with Crippen LogP contribution in [0.4, 0.5) is 5.82 Å². The molecular weight excluding hydrogens is 484 g/mol. The van der Waals surface area contributed by atoms with Gasteiger partial charge in [0.25, 0.3) is 5.91 Å². The molecule has 1 saturated heterocycles. The van der Waals surface area contributed by atoms with Gasteiger partial charge in [-0.1, -0.05) is 60.7 Å². The number of amides is 3. The average Bonchev–Trinajstić information content (AvgIpc) is 3.30. The zero-order valence-corrected chi connectivity index (χ0v) is 21.7. The first kappa shape index (κ1) is 27.0. The molecule has 2 heterocycles. The topological polar surface area (TPSA) is 132 Å². The highest BCUT2D eigenvalue weighted by Crippen LogP contribution is 2.24. The number of likely N-dealkylation sites (tertiary alicyclic amines) is 1. The van der Waals surface area contributed by atoms with Gasteiger partial charge >= 0.3 is 0 Å². The van der Waals surface area contributed by atoms with Crippen molar-refractivity contribution in [2.45, 2.75) is 44.5 Å². The van der Waals surface area contributed by atoms with Crippen molar-refractivity contribution in [3.8, 4) is 0 Å². The van der Waals surface area contributed by atoms with Crippen LogP contribution >= 0.6 is 0 Å². The number of rotatable bonds is 11. The van der Waals surface area contributed by atoms with Crippen molar-refractivity contribution in [1.82, 2.24) is 19.8 Å². The summed E-state index contributed by atoms with van der Waals surface area (Å²) in [7, 11) is 0. The Hall–Kier alpha value is -4.02. The summed E-state index contributed by atoms with van der Waals surface area (Å²) in [5.41, 5.74) is 6.51. The van der Waals surface area contributed by atoms with E-state index in [2.05, 4.69) is 15.6 Å². The van der Waals surface area contributed by atoms with Gasteiger partial charge in [0.2, 0.25) is 11.8 Å². The van der Waals surface area contributed by atoms with Crippen LogP contribution in [-0.4, -0.2) is 63.4 Å². The van der Waals surface area contributed by atoms with Gasteiger partial charge in [0, 0.05) is 19.3 Å². The third-order valence-corrected chi connectivity index (χ3v) is 6.27. The molecule has 1 fully saturated rings. The van der Waals surface area contributed by atoms with Crippen LogP contribution in [0.2, 0.25) is 0 Å². The lowest BCUT2D eigenvalue weighted by Crippen LogP contribution is -2.56. The average molecular weight is 519 g/mol. The highest BCUT2D eigenvalue weighted by atomic mass is 16.5. The van der Waals surface area contributed by atoms with Crippen molar-refractivity contribution in [1.29, 1.82) is 0 Å². The van der Waals surface area contributed by atoms with Gasteiger partial charge in [-0.25, -0.2) is 4.98 Å². The maximum Gasteiger partial charge on any atom is 0.250 e. The minimum atomic E-state index is -1.18. The van der Waals surface area contributed by atoms with Crippen molar-refractivity contribution >= 4 is 23.5 Å². The molecule has 200 valence electrons. The van der Waals surface area contributed by atoms with Gasteiger partial charge in [-0.3, -0.25) is 14.4 Å². The highest BCUT2D eigenvalue weighted by Gasteiger charge is 2.32. The minimum Gasteiger partial charge on any atom is -0.374 e. The molecule has 0 saturated carbocycles. The summed E-state index contributed by atoms with van der Waals surface area (Å²) in [6, 6.07) is 17.4. The van der Waals surface area contributed by atoms with E-state index >= 15 is 0 Å². The molecule has 0 aliphatic carbocycles. The summed E-state index contributed by atoms with van der Waals surface area (Å²) in [6.07, 6.45) is 4.12. The fraction of sp³-hybridized carbons (Fsp3) is 0.357. The number of carbonyl (C=O) groups is 3. The Kier molecular flexibility index (Phi) is 8.55.